The largest absolute Gasteiger partial charge is 0.755 e. The highest BCUT2D eigenvalue weighted by atomic mass is 35.5. The number of hydrogen-bond donors (Lipinski definition) is 1. The summed E-state index contributed by atoms with van der Waals surface area (Å²) in [5.41, 5.74) is 1.39. The first-order chi connectivity index (χ1) is 9.90. The molecule has 0 aromatic heterocycles. The molecule has 1 N–H and O–H groups in total. The van der Waals surface area contributed by atoms with Crippen molar-refractivity contribution in [1.29, 1.82) is 0 Å². The van der Waals surface area contributed by atoms with Crippen LogP contribution in [0.5, 0.6) is 0 Å². The monoisotopic (exact) mass is 324 g/mol. The van der Waals surface area contributed by atoms with Gasteiger partial charge in [-0.2, -0.15) is 0 Å². The molecular formula is C14H11ClNO4S-. The maximum atomic E-state index is 11.5. The molecule has 0 saturated carbocycles. The van der Waals surface area contributed by atoms with Gasteiger partial charge in [0.05, 0.1) is 33.2 Å². The molecule has 7 heteroatoms. The van der Waals surface area contributed by atoms with Gasteiger partial charge in [0.15, 0.2) is 0 Å². The van der Waals surface area contributed by atoms with Gasteiger partial charge in [0.2, 0.25) is 0 Å². The van der Waals surface area contributed by atoms with Crippen molar-refractivity contribution in [2.75, 3.05) is 4.31 Å². The van der Waals surface area contributed by atoms with Crippen LogP contribution in [0.3, 0.4) is 0 Å². The Bertz CT molecular complexity index is 703. The van der Waals surface area contributed by atoms with Gasteiger partial charge in [-0.25, -0.2) is 4.79 Å². The zero-order chi connectivity index (χ0) is 15.6. The number of carboxylic acid groups (broad SMARTS) is 1. The Kier molecular flexibility index (Phi) is 4.62. The number of benzene rings is 2. The molecule has 0 amide bonds. The number of aromatic carboxylic acids is 1. The lowest BCUT2D eigenvalue weighted by molar-refractivity contribution is 0.0697. The number of carboxylic acids is 1. The van der Waals surface area contributed by atoms with E-state index in [9.17, 15) is 13.6 Å². The van der Waals surface area contributed by atoms with Crippen molar-refractivity contribution in [3.8, 4) is 0 Å². The molecule has 0 spiro atoms. The lowest BCUT2D eigenvalue weighted by atomic mass is 10.2. The smallest absolute Gasteiger partial charge is 0.335 e. The molecule has 0 aliphatic rings. The van der Waals surface area contributed by atoms with Gasteiger partial charge in [0, 0.05) is 0 Å². The lowest BCUT2D eigenvalue weighted by Gasteiger charge is -2.27. The molecule has 0 heterocycles. The van der Waals surface area contributed by atoms with Crippen LogP contribution in [0.15, 0.2) is 42.5 Å². The van der Waals surface area contributed by atoms with Gasteiger partial charge >= 0.3 is 5.97 Å². The summed E-state index contributed by atoms with van der Waals surface area (Å²) in [6, 6.07) is 10.6. The van der Waals surface area contributed by atoms with Gasteiger partial charge < -0.3 is 9.66 Å². The van der Waals surface area contributed by atoms with Crippen LogP contribution in [0.4, 0.5) is 11.4 Å². The van der Waals surface area contributed by atoms with Crippen LogP contribution < -0.4 is 4.31 Å². The summed E-state index contributed by atoms with van der Waals surface area (Å²) in [6.07, 6.45) is 0. The SMILES string of the molecule is Cc1ccc(N(c2cc(C(=O)O)ccc2Cl)S(=O)[O-])cc1. The maximum absolute atomic E-state index is 11.5. The quantitative estimate of drug-likeness (QED) is 0.875. The normalized spacial score (nSPS) is 12.0. The van der Waals surface area contributed by atoms with Crippen molar-refractivity contribution in [2.45, 2.75) is 6.92 Å². The fourth-order valence-corrected chi connectivity index (χ4v) is 2.64. The van der Waals surface area contributed by atoms with Crippen molar-refractivity contribution in [3.05, 3.63) is 58.6 Å². The van der Waals surface area contributed by atoms with E-state index in [0.717, 1.165) is 9.87 Å². The molecule has 0 aliphatic carbocycles. The Hall–Kier alpha value is -1.89. The molecule has 0 bridgehead atoms. The molecule has 2 aromatic rings. The summed E-state index contributed by atoms with van der Waals surface area (Å²) in [5.74, 6) is -1.16. The number of anilines is 2. The average molecular weight is 325 g/mol. The molecule has 0 saturated heterocycles. The standard InChI is InChI=1S/C14H12ClNO4S/c1-9-2-5-11(6-3-9)16(21(19)20)13-8-10(14(17)18)4-7-12(13)15/h2-8H,1H3,(H,17,18)(H,19,20)/p-1. The number of halogens is 1. The zero-order valence-corrected chi connectivity index (χ0v) is 12.5. The fraction of sp³-hybridized carbons (Fsp3) is 0.0714. The minimum atomic E-state index is -2.64. The van der Waals surface area contributed by atoms with Crippen molar-refractivity contribution >= 4 is 40.2 Å². The van der Waals surface area contributed by atoms with Crippen molar-refractivity contribution < 1.29 is 18.7 Å². The predicted molar refractivity (Wildman–Crippen MR) is 80.6 cm³/mol. The minimum Gasteiger partial charge on any atom is -0.755 e. The molecule has 2 aromatic carbocycles. The Balaban J connectivity index is 2.57. The van der Waals surface area contributed by atoms with Crippen LogP contribution in [-0.4, -0.2) is 19.8 Å². The minimum absolute atomic E-state index is 0.0445. The highest BCUT2D eigenvalue weighted by molar-refractivity contribution is 7.81. The predicted octanol–water partition coefficient (Wildman–Crippen LogP) is 3.28. The van der Waals surface area contributed by atoms with Crippen molar-refractivity contribution in [2.24, 2.45) is 0 Å². The third-order valence-electron chi connectivity index (χ3n) is 2.83. The van der Waals surface area contributed by atoms with Gasteiger partial charge in [-0.05, 0) is 37.3 Å². The molecule has 1 atom stereocenters. The Morgan fingerprint density at radius 1 is 1.24 bits per heavy atom. The van der Waals surface area contributed by atoms with Gasteiger partial charge in [0.25, 0.3) is 0 Å². The van der Waals surface area contributed by atoms with E-state index in [-0.39, 0.29) is 16.3 Å². The summed E-state index contributed by atoms with van der Waals surface area (Å²) in [7, 11) is 0. The molecule has 2 rings (SSSR count). The maximum Gasteiger partial charge on any atom is 0.335 e. The lowest BCUT2D eigenvalue weighted by Crippen LogP contribution is -2.20. The fourth-order valence-electron chi connectivity index (χ4n) is 1.79. The molecular weight excluding hydrogens is 314 g/mol. The van der Waals surface area contributed by atoms with E-state index < -0.39 is 17.2 Å². The highest BCUT2D eigenvalue weighted by Crippen LogP contribution is 2.34. The molecule has 0 radical (unpaired) electrons. The zero-order valence-electron chi connectivity index (χ0n) is 10.9. The van der Waals surface area contributed by atoms with Crippen LogP contribution in [-0.2, 0) is 11.3 Å². The first kappa shape index (κ1) is 15.5. The molecule has 110 valence electrons. The summed E-state index contributed by atoms with van der Waals surface area (Å²) in [6.45, 7) is 1.88. The van der Waals surface area contributed by atoms with Crippen LogP contribution >= 0.6 is 11.6 Å². The average Bonchev–Trinajstić information content (AvgIpc) is 2.42. The molecule has 0 fully saturated rings. The van der Waals surface area contributed by atoms with Crippen molar-refractivity contribution in [1.82, 2.24) is 0 Å². The summed E-state index contributed by atoms with van der Waals surface area (Å²) in [5, 5.41) is 9.16. The number of nitrogens with zero attached hydrogens (tertiary/aromatic N) is 1. The van der Waals surface area contributed by atoms with E-state index >= 15 is 0 Å². The van der Waals surface area contributed by atoms with Gasteiger partial charge in [-0.1, -0.05) is 29.3 Å². The summed E-state index contributed by atoms with van der Waals surface area (Å²) < 4.78 is 24.0. The molecule has 1 unspecified atom stereocenters. The van der Waals surface area contributed by atoms with Gasteiger partial charge in [-0.15, -0.1) is 0 Å². The molecule has 5 nitrogen and oxygen atoms in total. The summed E-state index contributed by atoms with van der Waals surface area (Å²) >= 11 is 3.38. The van der Waals surface area contributed by atoms with Crippen LogP contribution in [0, 0.1) is 6.92 Å². The first-order valence-corrected chi connectivity index (χ1v) is 7.30. The van der Waals surface area contributed by atoms with E-state index in [0.29, 0.717) is 5.69 Å². The van der Waals surface area contributed by atoms with Crippen LogP contribution in [0.2, 0.25) is 5.02 Å². The summed E-state index contributed by atoms with van der Waals surface area (Å²) in [4.78, 5) is 11.0. The van der Waals surface area contributed by atoms with E-state index in [1.165, 1.54) is 18.2 Å². The van der Waals surface area contributed by atoms with Crippen molar-refractivity contribution in [3.63, 3.8) is 0 Å². The molecule has 21 heavy (non-hydrogen) atoms. The number of hydrogen-bond acceptors (Lipinski definition) is 3. The highest BCUT2D eigenvalue weighted by Gasteiger charge is 2.16. The van der Waals surface area contributed by atoms with E-state index in [4.69, 9.17) is 16.7 Å². The number of rotatable bonds is 4. The van der Waals surface area contributed by atoms with Crippen LogP contribution in [0.1, 0.15) is 15.9 Å². The van der Waals surface area contributed by atoms with E-state index in [1.807, 2.05) is 6.92 Å². The Morgan fingerprint density at radius 2 is 1.86 bits per heavy atom. The van der Waals surface area contributed by atoms with Gasteiger partial charge in [-0.3, -0.25) is 8.51 Å². The number of carbonyl (C=O) groups is 1. The first-order valence-electron chi connectivity index (χ1n) is 5.89. The Morgan fingerprint density at radius 3 is 2.38 bits per heavy atom. The topological polar surface area (TPSA) is 80.7 Å². The van der Waals surface area contributed by atoms with Crippen LogP contribution in [0.25, 0.3) is 0 Å². The second-order valence-corrected chi connectivity index (χ2v) is 5.52. The Labute approximate surface area is 129 Å². The third kappa shape index (κ3) is 3.41. The second kappa shape index (κ2) is 6.26. The third-order valence-corrected chi connectivity index (χ3v) is 3.85. The van der Waals surface area contributed by atoms with E-state index in [1.54, 1.807) is 24.3 Å². The molecule has 0 aliphatic heterocycles. The van der Waals surface area contributed by atoms with E-state index in [2.05, 4.69) is 0 Å². The second-order valence-electron chi connectivity index (χ2n) is 4.32. The van der Waals surface area contributed by atoms with Gasteiger partial charge in [0.1, 0.15) is 0 Å². The number of aryl methyl sites for hydroxylation is 1.